The average molecular weight is 272 g/mol. The third-order valence-corrected chi connectivity index (χ3v) is 2.17. The van der Waals surface area contributed by atoms with Gasteiger partial charge in [-0.3, -0.25) is 14.9 Å². The molecule has 7 nitrogen and oxygen atoms in total. The van der Waals surface area contributed by atoms with Gasteiger partial charge in [0.25, 0.3) is 5.56 Å². The largest absolute Gasteiger partial charge is 0.464 e. The number of nitrogens with one attached hydrogen (secondary N) is 3. The van der Waals surface area contributed by atoms with Crippen molar-refractivity contribution in [1.82, 2.24) is 15.2 Å². The molecule has 1 aromatic rings. The van der Waals surface area contributed by atoms with Crippen molar-refractivity contribution in [2.75, 3.05) is 11.9 Å². The Morgan fingerprint density at radius 3 is 2.72 bits per heavy atom. The maximum Gasteiger partial charge on any atom is 0.328 e. The predicted octanol–water partition coefficient (Wildman–Crippen LogP) is 0.827. The smallest absolute Gasteiger partial charge is 0.328 e. The highest BCUT2D eigenvalue weighted by Crippen LogP contribution is 1.99. The first-order chi connectivity index (χ1) is 8.40. The first kappa shape index (κ1) is 14.4. The van der Waals surface area contributed by atoms with Crippen LogP contribution in [0.3, 0.4) is 0 Å². The number of rotatable bonds is 5. The van der Waals surface area contributed by atoms with Gasteiger partial charge in [0, 0.05) is 0 Å². The van der Waals surface area contributed by atoms with Gasteiger partial charge in [-0.1, -0.05) is 13.8 Å². The molecule has 3 N–H and O–H groups in total. The van der Waals surface area contributed by atoms with Crippen LogP contribution in [0.2, 0.25) is 0 Å². The number of nitrogens with zero attached hydrogens (tertiary/aromatic N) is 1. The van der Waals surface area contributed by atoms with Crippen molar-refractivity contribution in [2.24, 2.45) is 5.92 Å². The van der Waals surface area contributed by atoms with Gasteiger partial charge < -0.3 is 10.1 Å². The Kier molecular flexibility index (Phi) is 5.02. The van der Waals surface area contributed by atoms with E-state index < -0.39 is 17.6 Å². The molecule has 0 unspecified atom stereocenters. The van der Waals surface area contributed by atoms with Crippen molar-refractivity contribution in [3.8, 4) is 0 Å². The molecular weight excluding hydrogens is 256 g/mol. The number of H-pyrrole nitrogens is 2. The van der Waals surface area contributed by atoms with Crippen molar-refractivity contribution in [1.29, 1.82) is 0 Å². The second kappa shape index (κ2) is 6.29. The number of hydrogen-bond donors (Lipinski definition) is 3. The van der Waals surface area contributed by atoms with E-state index in [1.54, 1.807) is 6.92 Å². The summed E-state index contributed by atoms with van der Waals surface area (Å²) in [5, 5.41) is 8.79. The van der Waals surface area contributed by atoms with Crippen LogP contribution in [0.15, 0.2) is 4.79 Å². The molecule has 0 aliphatic heterocycles. The monoisotopic (exact) mass is 272 g/mol. The third-order valence-electron chi connectivity index (χ3n) is 1.98. The third kappa shape index (κ3) is 4.28. The van der Waals surface area contributed by atoms with Crippen LogP contribution < -0.4 is 10.9 Å². The van der Waals surface area contributed by atoms with Gasteiger partial charge in [-0.25, -0.2) is 4.79 Å². The summed E-state index contributed by atoms with van der Waals surface area (Å²) < 4.78 is 5.15. The van der Waals surface area contributed by atoms with Crippen molar-refractivity contribution in [2.45, 2.75) is 26.8 Å². The summed E-state index contributed by atoms with van der Waals surface area (Å²) in [6.45, 7) is 5.81. The van der Waals surface area contributed by atoms with Crippen LogP contribution in [-0.4, -0.2) is 33.8 Å². The fraction of sp³-hybridized carbons (Fsp3) is 0.600. The predicted molar refractivity (Wildman–Crippen MR) is 68.9 cm³/mol. The van der Waals surface area contributed by atoms with Gasteiger partial charge in [0.2, 0.25) is 5.82 Å². The van der Waals surface area contributed by atoms with Crippen LogP contribution in [-0.2, 0) is 9.53 Å². The Morgan fingerprint density at radius 1 is 1.50 bits per heavy atom. The number of carbonyl (C=O) groups excluding carboxylic acids is 1. The summed E-state index contributed by atoms with van der Waals surface area (Å²) in [7, 11) is 0. The summed E-state index contributed by atoms with van der Waals surface area (Å²) in [6, 6.07) is -0.665. The van der Waals surface area contributed by atoms with Crippen LogP contribution in [0.1, 0.15) is 20.8 Å². The van der Waals surface area contributed by atoms with E-state index in [4.69, 9.17) is 17.0 Å². The lowest BCUT2D eigenvalue weighted by molar-refractivity contribution is -0.145. The Bertz CT molecular complexity index is 522. The number of ether oxygens (including phenoxy) is 1. The first-order valence-electron chi connectivity index (χ1n) is 5.52. The molecule has 0 saturated heterocycles. The highest BCUT2D eigenvalue weighted by molar-refractivity contribution is 7.71. The minimum Gasteiger partial charge on any atom is -0.464 e. The molecule has 0 amide bonds. The molecule has 0 bridgehead atoms. The number of hydrogen-bond acceptors (Lipinski definition) is 6. The molecule has 1 atom stereocenters. The second-order valence-electron chi connectivity index (χ2n) is 4.25. The van der Waals surface area contributed by atoms with E-state index in [2.05, 4.69) is 20.5 Å². The zero-order chi connectivity index (χ0) is 13.7. The summed E-state index contributed by atoms with van der Waals surface area (Å²) in [4.78, 5) is 25.4. The van der Waals surface area contributed by atoms with E-state index in [0.717, 1.165) is 0 Å². The molecule has 1 heterocycles. The van der Waals surface area contributed by atoms with Crippen LogP contribution in [0.5, 0.6) is 0 Å². The van der Waals surface area contributed by atoms with Crippen molar-refractivity contribution in [3.05, 3.63) is 15.1 Å². The Labute approximate surface area is 109 Å². The van der Waals surface area contributed by atoms with Crippen LogP contribution in [0.4, 0.5) is 5.82 Å². The van der Waals surface area contributed by atoms with E-state index in [9.17, 15) is 9.59 Å². The minimum absolute atomic E-state index is 0.00223. The maximum atomic E-state index is 11.6. The lowest BCUT2D eigenvalue weighted by atomic mass is 10.2. The number of aromatic nitrogens is 3. The standard InChI is InChI=1S/C10H16N4O3S/c1-5(2)4-17-9(16)6(3)11-7-8(15)12-10(18)14-13-7/h5-6H,4H2,1-3H3,(H,11,13)(H2,12,14,15,18)/t6-/m0/s1. The lowest BCUT2D eigenvalue weighted by Crippen LogP contribution is -2.32. The van der Waals surface area contributed by atoms with Crippen LogP contribution >= 0.6 is 12.2 Å². The normalized spacial score (nSPS) is 12.2. The lowest BCUT2D eigenvalue weighted by Gasteiger charge is -2.13. The fourth-order valence-corrected chi connectivity index (χ4v) is 1.22. The summed E-state index contributed by atoms with van der Waals surface area (Å²) >= 11 is 4.70. The quantitative estimate of drug-likeness (QED) is 0.542. The van der Waals surface area contributed by atoms with Gasteiger partial charge >= 0.3 is 5.97 Å². The number of anilines is 1. The van der Waals surface area contributed by atoms with E-state index >= 15 is 0 Å². The number of esters is 1. The average Bonchev–Trinajstić information content (AvgIpc) is 2.29. The second-order valence-corrected chi connectivity index (χ2v) is 4.65. The number of aromatic amines is 2. The zero-order valence-electron chi connectivity index (χ0n) is 10.4. The SMILES string of the molecule is CC(C)COC(=O)[C@H](C)Nc1n[nH]c(=S)[nH]c1=O. The first-order valence-corrected chi connectivity index (χ1v) is 5.93. The molecule has 0 aliphatic rings. The van der Waals surface area contributed by atoms with Crippen LogP contribution in [0.25, 0.3) is 0 Å². The van der Waals surface area contributed by atoms with Crippen molar-refractivity contribution >= 4 is 24.0 Å². The van der Waals surface area contributed by atoms with Crippen LogP contribution in [0, 0.1) is 10.7 Å². The molecule has 100 valence electrons. The molecule has 1 rings (SSSR count). The fourth-order valence-electron chi connectivity index (χ4n) is 1.08. The molecule has 0 saturated carbocycles. The van der Waals surface area contributed by atoms with Gasteiger partial charge in [-0.2, -0.15) is 0 Å². The van der Waals surface area contributed by atoms with Gasteiger partial charge in [0.1, 0.15) is 6.04 Å². The van der Waals surface area contributed by atoms with Gasteiger partial charge in [0.05, 0.1) is 6.61 Å². The van der Waals surface area contributed by atoms with Crippen molar-refractivity contribution < 1.29 is 9.53 Å². The maximum absolute atomic E-state index is 11.6. The molecule has 0 aromatic carbocycles. The Balaban J connectivity index is 2.64. The van der Waals surface area contributed by atoms with E-state index in [1.165, 1.54) is 0 Å². The zero-order valence-corrected chi connectivity index (χ0v) is 11.3. The summed E-state index contributed by atoms with van der Waals surface area (Å²) in [5.41, 5.74) is -0.484. The van der Waals surface area contributed by atoms with Gasteiger partial charge in [0.15, 0.2) is 4.77 Å². The van der Waals surface area contributed by atoms with Crippen molar-refractivity contribution in [3.63, 3.8) is 0 Å². The highest BCUT2D eigenvalue weighted by atomic mass is 32.1. The molecule has 8 heteroatoms. The van der Waals surface area contributed by atoms with E-state index in [1.807, 2.05) is 13.8 Å². The molecular formula is C10H16N4O3S. The number of carbonyl (C=O) groups is 1. The highest BCUT2D eigenvalue weighted by Gasteiger charge is 2.16. The molecule has 0 spiro atoms. The minimum atomic E-state index is -0.665. The molecule has 0 aliphatic carbocycles. The molecule has 0 radical (unpaired) electrons. The Morgan fingerprint density at radius 2 is 2.17 bits per heavy atom. The van der Waals surface area contributed by atoms with Gasteiger partial charge in [-0.05, 0) is 25.1 Å². The molecule has 18 heavy (non-hydrogen) atoms. The van der Waals surface area contributed by atoms with E-state index in [0.29, 0.717) is 6.61 Å². The topological polar surface area (TPSA) is 99.9 Å². The molecule has 0 fully saturated rings. The summed E-state index contributed by atoms with van der Waals surface area (Å²) in [6.07, 6.45) is 0. The summed E-state index contributed by atoms with van der Waals surface area (Å²) in [5.74, 6) is -0.180. The Hall–Kier alpha value is -1.70. The van der Waals surface area contributed by atoms with E-state index in [-0.39, 0.29) is 16.5 Å². The molecule has 1 aromatic heterocycles. The van der Waals surface area contributed by atoms with Gasteiger partial charge in [-0.15, -0.1) is 5.10 Å².